The second-order valence-electron chi connectivity index (χ2n) is 15.8. The number of aliphatic hydroxyl groups excluding tert-OH is 1. The number of esters is 1. The SMILES string of the molecule is CCCCCCCC(=O)Oc1c(C)ccc(CCC(C)[C@H](O)[C@H](C)C(=O)[C@H](CC)[C@H]2O[C@](CC)([C@H]3CC[C@](O)(CC)[C@H](C)O3)C[C@@H]2C)c1C(=O)O. The topological polar surface area (TPSA) is 140 Å². The first-order valence-corrected chi connectivity index (χ1v) is 19.9. The van der Waals surface area contributed by atoms with Crippen LogP contribution in [0.25, 0.3) is 0 Å². The fourth-order valence-electron chi connectivity index (χ4n) is 8.60. The third-order valence-corrected chi connectivity index (χ3v) is 12.3. The molecule has 0 bridgehead atoms. The van der Waals surface area contributed by atoms with Gasteiger partial charge in [-0.2, -0.15) is 0 Å². The summed E-state index contributed by atoms with van der Waals surface area (Å²) in [5, 5.41) is 32.6. The highest BCUT2D eigenvalue weighted by molar-refractivity contribution is 5.94. The van der Waals surface area contributed by atoms with Gasteiger partial charge >= 0.3 is 11.9 Å². The third kappa shape index (κ3) is 10.2. The summed E-state index contributed by atoms with van der Waals surface area (Å²) < 4.78 is 19.0. The van der Waals surface area contributed by atoms with E-state index >= 15 is 0 Å². The number of hydrogen-bond donors (Lipinski definition) is 3. The summed E-state index contributed by atoms with van der Waals surface area (Å²) in [4.78, 5) is 39.2. The first kappa shape index (κ1) is 43.1. The van der Waals surface area contributed by atoms with Gasteiger partial charge in [-0.1, -0.05) is 86.3 Å². The van der Waals surface area contributed by atoms with Crippen LogP contribution in [0.15, 0.2) is 12.1 Å². The monoisotopic (exact) mass is 716 g/mol. The van der Waals surface area contributed by atoms with Gasteiger partial charge in [-0.3, -0.25) is 9.59 Å². The molecule has 1 aromatic rings. The molecule has 9 nitrogen and oxygen atoms in total. The number of carbonyl (C=O) groups excluding carboxylic acids is 2. The van der Waals surface area contributed by atoms with Gasteiger partial charge in [-0.15, -0.1) is 0 Å². The average Bonchev–Trinajstić information content (AvgIpc) is 3.45. The van der Waals surface area contributed by atoms with Crippen molar-refractivity contribution in [1.82, 2.24) is 0 Å². The lowest BCUT2D eigenvalue weighted by Crippen LogP contribution is -2.55. The zero-order valence-corrected chi connectivity index (χ0v) is 33.0. The van der Waals surface area contributed by atoms with E-state index in [0.717, 1.165) is 38.5 Å². The van der Waals surface area contributed by atoms with E-state index in [1.807, 2.05) is 27.7 Å². The average molecular weight is 717 g/mol. The molecular formula is C42H68O9. The Labute approximate surface area is 307 Å². The molecule has 2 saturated heterocycles. The van der Waals surface area contributed by atoms with Crippen LogP contribution in [-0.4, -0.2) is 68.7 Å². The summed E-state index contributed by atoms with van der Waals surface area (Å²) in [7, 11) is 0. The normalized spacial score (nSPS) is 28.9. The highest BCUT2D eigenvalue weighted by atomic mass is 16.6. The van der Waals surface area contributed by atoms with Crippen LogP contribution < -0.4 is 4.74 Å². The molecule has 2 aliphatic heterocycles. The highest BCUT2D eigenvalue weighted by Crippen LogP contribution is 2.48. The van der Waals surface area contributed by atoms with Crippen LogP contribution in [-0.2, 0) is 25.5 Å². The van der Waals surface area contributed by atoms with Gasteiger partial charge in [0.25, 0.3) is 0 Å². The van der Waals surface area contributed by atoms with Gasteiger partial charge in [0.1, 0.15) is 17.1 Å². The number of Topliss-reactive ketones (excluding diaryl/α,β-unsaturated/α-hetero) is 1. The smallest absolute Gasteiger partial charge is 0.339 e. The van der Waals surface area contributed by atoms with Gasteiger partial charge in [0, 0.05) is 18.3 Å². The maximum Gasteiger partial charge on any atom is 0.339 e. The van der Waals surface area contributed by atoms with Gasteiger partial charge in [0.2, 0.25) is 0 Å². The van der Waals surface area contributed by atoms with E-state index in [2.05, 4.69) is 20.8 Å². The predicted octanol–water partition coefficient (Wildman–Crippen LogP) is 8.40. The van der Waals surface area contributed by atoms with Crippen molar-refractivity contribution in [3.05, 3.63) is 28.8 Å². The van der Waals surface area contributed by atoms with Crippen molar-refractivity contribution in [3.63, 3.8) is 0 Å². The molecule has 290 valence electrons. The van der Waals surface area contributed by atoms with E-state index in [4.69, 9.17) is 14.2 Å². The van der Waals surface area contributed by atoms with Crippen molar-refractivity contribution in [1.29, 1.82) is 0 Å². The lowest BCUT2D eigenvalue weighted by molar-refractivity contribution is -0.229. The Morgan fingerprint density at radius 1 is 1.02 bits per heavy atom. The number of rotatable bonds is 20. The number of benzene rings is 1. The lowest BCUT2D eigenvalue weighted by atomic mass is 9.76. The Balaban J connectivity index is 1.67. The maximum atomic E-state index is 14.1. The quantitative estimate of drug-likeness (QED) is 0.0690. The van der Waals surface area contributed by atoms with Gasteiger partial charge in [-0.25, -0.2) is 4.79 Å². The fourth-order valence-corrected chi connectivity index (χ4v) is 8.60. The predicted molar refractivity (Wildman–Crippen MR) is 199 cm³/mol. The Bertz CT molecular complexity index is 1310. The molecule has 2 heterocycles. The number of ether oxygens (including phenoxy) is 3. The summed E-state index contributed by atoms with van der Waals surface area (Å²) in [6.07, 6.45) is 8.32. The van der Waals surface area contributed by atoms with Crippen molar-refractivity contribution in [2.75, 3.05) is 0 Å². The number of hydrogen-bond acceptors (Lipinski definition) is 8. The minimum Gasteiger partial charge on any atom is -0.478 e. The van der Waals surface area contributed by atoms with Crippen LogP contribution in [0.2, 0.25) is 0 Å². The number of aryl methyl sites for hydroxylation is 2. The number of carboxylic acid groups (broad SMARTS) is 1. The highest BCUT2D eigenvalue weighted by Gasteiger charge is 2.55. The molecule has 0 spiro atoms. The van der Waals surface area contributed by atoms with Crippen molar-refractivity contribution < 1.29 is 43.9 Å². The van der Waals surface area contributed by atoms with E-state index in [-0.39, 0.29) is 53.7 Å². The Kier molecular flexibility index (Phi) is 16.2. The molecule has 0 saturated carbocycles. The number of aliphatic hydroxyl groups is 2. The number of unbranched alkanes of at least 4 members (excludes halogenated alkanes) is 4. The van der Waals surface area contributed by atoms with Crippen molar-refractivity contribution >= 4 is 17.7 Å². The van der Waals surface area contributed by atoms with Crippen LogP contribution in [0, 0.1) is 30.6 Å². The van der Waals surface area contributed by atoms with Gasteiger partial charge in [0.05, 0.1) is 35.6 Å². The Morgan fingerprint density at radius 3 is 2.29 bits per heavy atom. The zero-order valence-electron chi connectivity index (χ0n) is 33.0. The minimum absolute atomic E-state index is 0.0197. The van der Waals surface area contributed by atoms with Crippen molar-refractivity contribution in [2.24, 2.45) is 23.7 Å². The van der Waals surface area contributed by atoms with Crippen LogP contribution in [0.3, 0.4) is 0 Å². The van der Waals surface area contributed by atoms with E-state index < -0.39 is 41.1 Å². The Morgan fingerprint density at radius 2 is 1.71 bits per heavy atom. The lowest BCUT2D eigenvalue weighted by Gasteiger charge is -2.47. The van der Waals surface area contributed by atoms with Crippen LogP contribution in [0.1, 0.15) is 160 Å². The third-order valence-electron chi connectivity index (χ3n) is 12.3. The van der Waals surface area contributed by atoms with Crippen LogP contribution in [0.4, 0.5) is 0 Å². The van der Waals surface area contributed by atoms with Crippen molar-refractivity contribution in [3.8, 4) is 5.75 Å². The molecule has 1 aromatic carbocycles. The number of carboxylic acids is 1. The molecule has 10 atom stereocenters. The molecule has 3 rings (SSSR count). The largest absolute Gasteiger partial charge is 0.478 e. The van der Waals surface area contributed by atoms with Gasteiger partial charge < -0.3 is 29.5 Å². The standard InChI is InChI=1S/C42H68O9/c1-10-14-15-16-17-18-34(43)50-39-27(6)20-22-31(35(39)40(46)47)21-19-26(5)36(44)29(8)37(45)32(11-2)38-28(7)25-42(13-4,51-38)33-23-24-41(48,12-3)30(9)49-33/h20,22,26,28-30,32-33,36,38,44,48H,10-19,21,23-25H2,1-9H3,(H,46,47)/t26?,28-,29-,30-,32-,33+,36-,38-,41+,42-/m0/s1. The molecule has 9 heteroatoms. The Hall–Kier alpha value is -2.33. The molecule has 2 fully saturated rings. The zero-order chi connectivity index (χ0) is 38.1. The number of ketones is 1. The molecule has 1 unspecified atom stereocenters. The van der Waals surface area contributed by atoms with E-state index in [0.29, 0.717) is 56.1 Å². The fraction of sp³-hybridized carbons (Fsp3) is 0.786. The summed E-state index contributed by atoms with van der Waals surface area (Å²) >= 11 is 0. The second-order valence-corrected chi connectivity index (χ2v) is 15.8. The van der Waals surface area contributed by atoms with E-state index in [1.165, 1.54) is 0 Å². The van der Waals surface area contributed by atoms with Crippen LogP contribution in [0.5, 0.6) is 5.75 Å². The molecule has 3 N–H and O–H groups in total. The molecule has 0 aromatic heterocycles. The van der Waals surface area contributed by atoms with Crippen molar-refractivity contribution in [2.45, 2.75) is 188 Å². The minimum atomic E-state index is -1.16. The molecule has 0 radical (unpaired) electrons. The summed E-state index contributed by atoms with van der Waals surface area (Å²) in [5.41, 5.74) is -0.280. The summed E-state index contributed by atoms with van der Waals surface area (Å²) in [6.45, 7) is 17.7. The first-order chi connectivity index (χ1) is 24.1. The van der Waals surface area contributed by atoms with Gasteiger partial charge in [-0.05, 0) is 94.6 Å². The second kappa shape index (κ2) is 19.1. The molecule has 51 heavy (non-hydrogen) atoms. The maximum absolute atomic E-state index is 14.1. The van der Waals surface area contributed by atoms with Crippen LogP contribution >= 0.6 is 0 Å². The number of aromatic carboxylic acids is 1. The molecular weight excluding hydrogens is 648 g/mol. The molecule has 0 amide bonds. The van der Waals surface area contributed by atoms with Gasteiger partial charge in [0.15, 0.2) is 0 Å². The van der Waals surface area contributed by atoms with E-state index in [1.54, 1.807) is 26.0 Å². The molecule has 0 aliphatic carbocycles. The summed E-state index contributed by atoms with van der Waals surface area (Å²) in [5.74, 6) is -2.75. The number of carbonyl (C=O) groups is 3. The first-order valence-electron chi connectivity index (χ1n) is 19.9. The summed E-state index contributed by atoms with van der Waals surface area (Å²) in [6, 6.07) is 3.52. The van der Waals surface area contributed by atoms with E-state index in [9.17, 15) is 29.7 Å². The molecule has 2 aliphatic rings.